The maximum atomic E-state index is 12.4. The molecule has 100 valence electrons. The van der Waals surface area contributed by atoms with E-state index in [4.69, 9.17) is 0 Å². The van der Waals surface area contributed by atoms with Crippen LogP contribution >= 0.6 is 0 Å². The Hall–Kier alpha value is -1.27. The summed E-state index contributed by atoms with van der Waals surface area (Å²) >= 11 is 0. The highest BCUT2D eigenvalue weighted by Crippen LogP contribution is 2.26. The number of alkyl halides is 3. The quantitative estimate of drug-likeness (QED) is 0.684. The van der Waals surface area contributed by atoms with Gasteiger partial charge in [0.2, 0.25) is 6.10 Å². The zero-order valence-corrected chi connectivity index (χ0v) is 9.67. The Balaban J connectivity index is 4.45. The molecular formula is C10H15F3O4. The Labute approximate surface area is 97.1 Å². The van der Waals surface area contributed by atoms with Crippen molar-refractivity contribution in [3.05, 3.63) is 0 Å². The van der Waals surface area contributed by atoms with E-state index >= 15 is 0 Å². The van der Waals surface area contributed by atoms with Gasteiger partial charge >= 0.3 is 18.1 Å². The van der Waals surface area contributed by atoms with E-state index < -0.39 is 30.6 Å². The van der Waals surface area contributed by atoms with Crippen molar-refractivity contribution < 1.29 is 32.2 Å². The Morgan fingerprint density at radius 1 is 1.18 bits per heavy atom. The molecule has 0 aromatic rings. The van der Waals surface area contributed by atoms with Gasteiger partial charge in [0, 0.05) is 6.42 Å². The van der Waals surface area contributed by atoms with E-state index in [0.29, 0.717) is 6.42 Å². The van der Waals surface area contributed by atoms with Gasteiger partial charge in [-0.1, -0.05) is 6.92 Å². The molecule has 4 nitrogen and oxygen atoms in total. The molecule has 0 bridgehead atoms. The summed E-state index contributed by atoms with van der Waals surface area (Å²) in [6.07, 6.45) is -7.94. The number of esters is 2. The van der Waals surface area contributed by atoms with E-state index in [1.165, 1.54) is 6.92 Å². The molecule has 0 rings (SSSR count). The lowest BCUT2D eigenvalue weighted by atomic mass is 10.2. The standard InChI is InChI=1S/C10H15F3O4/c1-3-5-8(14)17-7(10(11,12)13)6-9(15)16-4-2/h7H,3-6H2,1-2H3/t7-/m0/s1. The van der Waals surface area contributed by atoms with Gasteiger partial charge in [0.25, 0.3) is 0 Å². The van der Waals surface area contributed by atoms with Crippen molar-refractivity contribution in [1.82, 2.24) is 0 Å². The molecule has 0 N–H and O–H groups in total. The SMILES string of the molecule is CCCC(=O)O[C@@H](CC(=O)OCC)C(F)(F)F. The third-order valence-corrected chi connectivity index (χ3v) is 1.75. The van der Waals surface area contributed by atoms with E-state index in [2.05, 4.69) is 9.47 Å². The van der Waals surface area contributed by atoms with E-state index in [1.807, 2.05) is 0 Å². The highest BCUT2D eigenvalue weighted by Gasteiger charge is 2.44. The molecule has 1 atom stereocenters. The molecule has 0 heterocycles. The van der Waals surface area contributed by atoms with Crippen LogP contribution in [0.25, 0.3) is 0 Å². The number of hydrogen-bond donors (Lipinski definition) is 0. The minimum Gasteiger partial charge on any atom is -0.466 e. The van der Waals surface area contributed by atoms with Gasteiger partial charge in [0.15, 0.2) is 0 Å². The van der Waals surface area contributed by atoms with E-state index in [-0.39, 0.29) is 13.0 Å². The van der Waals surface area contributed by atoms with Crippen molar-refractivity contribution in [1.29, 1.82) is 0 Å². The molecule has 0 aromatic heterocycles. The fourth-order valence-electron chi connectivity index (χ4n) is 1.02. The first-order chi connectivity index (χ1) is 7.81. The molecule has 0 unspecified atom stereocenters. The Kier molecular flexibility index (Phi) is 6.60. The Bertz CT molecular complexity index is 243. The minimum absolute atomic E-state index is 0.0215. The summed E-state index contributed by atoms with van der Waals surface area (Å²) in [6.45, 7) is 3.09. The van der Waals surface area contributed by atoms with Crippen LogP contribution in [0.15, 0.2) is 0 Å². The van der Waals surface area contributed by atoms with Crippen molar-refractivity contribution in [2.24, 2.45) is 0 Å². The van der Waals surface area contributed by atoms with Crippen molar-refractivity contribution >= 4 is 11.9 Å². The molecule has 7 heteroatoms. The third kappa shape index (κ3) is 6.80. The van der Waals surface area contributed by atoms with Crippen LogP contribution in [0.3, 0.4) is 0 Å². The molecule has 0 aliphatic rings. The second-order valence-electron chi connectivity index (χ2n) is 3.28. The Morgan fingerprint density at radius 2 is 1.76 bits per heavy atom. The van der Waals surface area contributed by atoms with E-state index in [0.717, 1.165) is 0 Å². The molecule has 17 heavy (non-hydrogen) atoms. The summed E-state index contributed by atoms with van der Waals surface area (Å²) in [4.78, 5) is 21.9. The van der Waals surface area contributed by atoms with Gasteiger partial charge in [-0.05, 0) is 13.3 Å². The maximum Gasteiger partial charge on any atom is 0.426 e. The van der Waals surface area contributed by atoms with Gasteiger partial charge in [0.05, 0.1) is 13.0 Å². The predicted octanol–water partition coefficient (Wildman–Crippen LogP) is 2.21. The fourth-order valence-corrected chi connectivity index (χ4v) is 1.02. The lowest BCUT2D eigenvalue weighted by molar-refractivity contribution is -0.224. The smallest absolute Gasteiger partial charge is 0.426 e. The van der Waals surface area contributed by atoms with Crippen LogP contribution in [0, 0.1) is 0 Å². The number of halogens is 3. The molecule has 0 aliphatic carbocycles. The molecule has 0 amide bonds. The molecule has 0 aliphatic heterocycles. The van der Waals surface area contributed by atoms with E-state index in [9.17, 15) is 22.8 Å². The van der Waals surface area contributed by atoms with Gasteiger partial charge < -0.3 is 9.47 Å². The zero-order chi connectivity index (χ0) is 13.5. The first kappa shape index (κ1) is 15.7. The number of hydrogen-bond acceptors (Lipinski definition) is 4. The van der Waals surface area contributed by atoms with Crippen LogP contribution in [-0.2, 0) is 19.1 Å². The summed E-state index contributed by atoms with van der Waals surface area (Å²) in [7, 11) is 0. The van der Waals surface area contributed by atoms with Crippen LogP contribution < -0.4 is 0 Å². The average molecular weight is 256 g/mol. The van der Waals surface area contributed by atoms with Crippen LogP contribution in [0.5, 0.6) is 0 Å². The molecular weight excluding hydrogens is 241 g/mol. The monoisotopic (exact) mass is 256 g/mol. The summed E-state index contributed by atoms with van der Waals surface area (Å²) < 4.78 is 45.9. The second-order valence-corrected chi connectivity index (χ2v) is 3.28. The fraction of sp³-hybridized carbons (Fsp3) is 0.800. The number of carbonyl (C=O) groups is 2. The lowest BCUT2D eigenvalue weighted by Crippen LogP contribution is -2.36. The van der Waals surface area contributed by atoms with Crippen molar-refractivity contribution in [2.75, 3.05) is 6.61 Å². The molecule has 0 radical (unpaired) electrons. The van der Waals surface area contributed by atoms with Crippen molar-refractivity contribution in [2.45, 2.75) is 45.4 Å². The molecule has 0 saturated carbocycles. The molecule has 0 fully saturated rings. The van der Waals surface area contributed by atoms with Crippen LogP contribution in [0.1, 0.15) is 33.1 Å². The number of ether oxygens (including phenoxy) is 2. The molecule has 0 aromatic carbocycles. The van der Waals surface area contributed by atoms with Gasteiger partial charge in [-0.3, -0.25) is 9.59 Å². The Morgan fingerprint density at radius 3 is 2.18 bits per heavy atom. The van der Waals surface area contributed by atoms with Gasteiger partial charge in [-0.2, -0.15) is 13.2 Å². The first-order valence-corrected chi connectivity index (χ1v) is 5.23. The highest BCUT2D eigenvalue weighted by atomic mass is 19.4. The summed E-state index contributed by atoms with van der Waals surface area (Å²) in [6, 6.07) is 0. The predicted molar refractivity (Wildman–Crippen MR) is 52.1 cm³/mol. The average Bonchev–Trinajstić information content (AvgIpc) is 2.16. The minimum atomic E-state index is -4.77. The molecule has 0 saturated heterocycles. The highest BCUT2D eigenvalue weighted by molar-refractivity contribution is 5.72. The van der Waals surface area contributed by atoms with Gasteiger partial charge in [-0.25, -0.2) is 0 Å². The maximum absolute atomic E-state index is 12.4. The van der Waals surface area contributed by atoms with Crippen LogP contribution in [0.4, 0.5) is 13.2 Å². The third-order valence-electron chi connectivity index (χ3n) is 1.75. The summed E-state index contributed by atoms with van der Waals surface area (Å²) in [5.74, 6) is -2.02. The van der Waals surface area contributed by atoms with Crippen molar-refractivity contribution in [3.8, 4) is 0 Å². The van der Waals surface area contributed by atoms with E-state index in [1.54, 1.807) is 6.92 Å². The normalized spacial score (nSPS) is 13.0. The summed E-state index contributed by atoms with van der Waals surface area (Å²) in [5.41, 5.74) is 0. The van der Waals surface area contributed by atoms with Gasteiger partial charge in [0.1, 0.15) is 0 Å². The van der Waals surface area contributed by atoms with Crippen LogP contribution in [0.2, 0.25) is 0 Å². The summed E-state index contributed by atoms with van der Waals surface area (Å²) in [5, 5.41) is 0. The molecule has 0 spiro atoms. The number of carbonyl (C=O) groups excluding carboxylic acids is 2. The van der Waals surface area contributed by atoms with Gasteiger partial charge in [-0.15, -0.1) is 0 Å². The largest absolute Gasteiger partial charge is 0.466 e. The lowest BCUT2D eigenvalue weighted by Gasteiger charge is -2.19. The topological polar surface area (TPSA) is 52.6 Å². The number of rotatable bonds is 6. The second kappa shape index (κ2) is 7.13. The zero-order valence-electron chi connectivity index (χ0n) is 9.67. The van der Waals surface area contributed by atoms with Crippen molar-refractivity contribution in [3.63, 3.8) is 0 Å². The first-order valence-electron chi connectivity index (χ1n) is 5.23. The van der Waals surface area contributed by atoms with Crippen LogP contribution in [-0.4, -0.2) is 30.8 Å².